The first-order valence-corrected chi connectivity index (χ1v) is 8.24. The van der Waals surface area contributed by atoms with Gasteiger partial charge in [0.15, 0.2) is 0 Å². The van der Waals surface area contributed by atoms with Gasteiger partial charge in [-0.25, -0.2) is 5.48 Å². The predicted molar refractivity (Wildman–Crippen MR) is 89.0 cm³/mol. The fraction of sp³-hybridized carbons (Fsp3) is 0.294. The van der Waals surface area contributed by atoms with Crippen LogP contribution in [-0.4, -0.2) is 18.9 Å². The van der Waals surface area contributed by atoms with Gasteiger partial charge < -0.3 is 4.90 Å². The number of carbonyl (C=O) groups is 2. The van der Waals surface area contributed by atoms with Gasteiger partial charge in [-0.3, -0.25) is 14.4 Å². The Hall–Kier alpha value is -2.18. The molecule has 0 unspecified atom stereocenters. The average Bonchev–Trinajstić information content (AvgIpc) is 3.16. The summed E-state index contributed by atoms with van der Waals surface area (Å²) in [6.07, 6.45) is 0.172. The Morgan fingerprint density at radius 2 is 2.04 bits per heavy atom. The molecule has 1 saturated heterocycles. The van der Waals surface area contributed by atoms with E-state index < -0.39 is 5.92 Å². The molecular weight excluding hydrogens is 312 g/mol. The largest absolute Gasteiger partial charge is 0.303 e. The van der Waals surface area contributed by atoms with Crippen LogP contribution in [0.25, 0.3) is 0 Å². The van der Waals surface area contributed by atoms with Gasteiger partial charge in [0, 0.05) is 17.0 Å². The first-order chi connectivity index (χ1) is 11.1. The number of nitrogens with zero attached hydrogens (tertiary/aromatic N) is 1. The second-order valence-corrected chi connectivity index (χ2v) is 6.52. The number of nitrogens with one attached hydrogen (secondary N) is 1. The molecule has 3 rings (SSSR count). The summed E-state index contributed by atoms with van der Waals surface area (Å²) in [5.74, 6) is -0.792. The SMILES string of the molecule is CONC(=O)[C@H]1CC(=O)N(c2ccc(C)cc2)[C@@H]1c1cccs1. The topological polar surface area (TPSA) is 58.6 Å². The fourth-order valence-corrected chi connectivity index (χ4v) is 3.82. The van der Waals surface area contributed by atoms with Crippen molar-refractivity contribution < 1.29 is 14.4 Å². The molecule has 0 aliphatic carbocycles. The molecule has 1 aromatic heterocycles. The lowest BCUT2D eigenvalue weighted by Gasteiger charge is -2.27. The molecule has 120 valence electrons. The van der Waals surface area contributed by atoms with E-state index in [-0.39, 0.29) is 24.3 Å². The van der Waals surface area contributed by atoms with Crippen molar-refractivity contribution in [1.82, 2.24) is 5.48 Å². The number of benzene rings is 1. The molecule has 0 spiro atoms. The molecule has 2 heterocycles. The van der Waals surface area contributed by atoms with Crippen molar-refractivity contribution in [2.24, 2.45) is 5.92 Å². The average molecular weight is 330 g/mol. The first-order valence-electron chi connectivity index (χ1n) is 7.37. The maximum Gasteiger partial charge on any atom is 0.249 e. The highest BCUT2D eigenvalue weighted by Gasteiger charge is 2.45. The summed E-state index contributed by atoms with van der Waals surface area (Å²) in [6.45, 7) is 2.00. The highest BCUT2D eigenvalue weighted by molar-refractivity contribution is 7.10. The van der Waals surface area contributed by atoms with Gasteiger partial charge >= 0.3 is 0 Å². The van der Waals surface area contributed by atoms with Crippen LogP contribution in [0, 0.1) is 12.8 Å². The van der Waals surface area contributed by atoms with Gasteiger partial charge in [-0.15, -0.1) is 11.3 Å². The smallest absolute Gasteiger partial charge is 0.249 e. The summed E-state index contributed by atoms with van der Waals surface area (Å²) in [6, 6.07) is 11.4. The van der Waals surface area contributed by atoms with Crippen molar-refractivity contribution in [3.8, 4) is 0 Å². The standard InChI is InChI=1S/C17H18N2O3S/c1-11-5-7-12(8-6-11)19-15(20)10-13(17(21)18-22-2)16(19)14-4-3-9-23-14/h3-9,13,16H,10H2,1-2H3,(H,18,21)/t13-,16-/m0/s1. The number of rotatable bonds is 4. The van der Waals surface area contributed by atoms with Crippen LogP contribution in [0.5, 0.6) is 0 Å². The molecule has 0 radical (unpaired) electrons. The van der Waals surface area contributed by atoms with Gasteiger partial charge in [-0.05, 0) is 30.5 Å². The number of aryl methyl sites for hydroxylation is 1. The second-order valence-electron chi connectivity index (χ2n) is 5.54. The van der Waals surface area contributed by atoms with E-state index in [9.17, 15) is 9.59 Å². The van der Waals surface area contributed by atoms with Gasteiger partial charge in [-0.1, -0.05) is 23.8 Å². The lowest BCUT2D eigenvalue weighted by molar-refractivity contribution is -0.136. The Bertz CT molecular complexity index is 697. The third-order valence-corrected chi connectivity index (χ3v) is 4.95. The number of hydroxylamine groups is 1. The molecule has 1 fully saturated rings. The predicted octanol–water partition coefficient (Wildman–Crippen LogP) is 2.83. The molecule has 1 N–H and O–H groups in total. The van der Waals surface area contributed by atoms with E-state index >= 15 is 0 Å². The van der Waals surface area contributed by atoms with E-state index in [1.54, 1.807) is 16.2 Å². The van der Waals surface area contributed by atoms with Crippen molar-refractivity contribution in [2.45, 2.75) is 19.4 Å². The zero-order valence-electron chi connectivity index (χ0n) is 13.0. The lowest BCUT2D eigenvalue weighted by atomic mass is 9.98. The van der Waals surface area contributed by atoms with Crippen LogP contribution in [-0.2, 0) is 14.4 Å². The molecule has 5 nitrogen and oxygen atoms in total. The van der Waals surface area contributed by atoms with Crippen LogP contribution >= 0.6 is 11.3 Å². The molecule has 6 heteroatoms. The van der Waals surface area contributed by atoms with Crippen molar-refractivity contribution in [3.63, 3.8) is 0 Å². The molecule has 1 aliphatic heterocycles. The van der Waals surface area contributed by atoms with Crippen LogP contribution in [0.15, 0.2) is 41.8 Å². The number of hydrogen-bond donors (Lipinski definition) is 1. The van der Waals surface area contributed by atoms with Crippen molar-refractivity contribution in [1.29, 1.82) is 0 Å². The molecule has 2 amide bonds. The second kappa shape index (κ2) is 6.52. The Balaban J connectivity index is 2.01. The number of thiophene rings is 1. The highest BCUT2D eigenvalue weighted by atomic mass is 32.1. The summed E-state index contributed by atoms with van der Waals surface area (Å²) >= 11 is 1.55. The number of anilines is 1. The highest BCUT2D eigenvalue weighted by Crippen LogP contribution is 2.42. The minimum Gasteiger partial charge on any atom is -0.303 e. The van der Waals surface area contributed by atoms with Gasteiger partial charge in [0.2, 0.25) is 11.8 Å². The normalized spacial score (nSPS) is 20.8. The summed E-state index contributed by atoms with van der Waals surface area (Å²) in [4.78, 5) is 32.4. The molecule has 2 atom stereocenters. The molecule has 2 aromatic rings. The Kier molecular flexibility index (Phi) is 4.45. The number of amides is 2. The molecule has 1 aliphatic rings. The number of carbonyl (C=O) groups excluding carboxylic acids is 2. The lowest BCUT2D eigenvalue weighted by Crippen LogP contribution is -2.34. The third-order valence-electron chi connectivity index (χ3n) is 4.01. The van der Waals surface area contributed by atoms with Gasteiger partial charge in [0.05, 0.1) is 19.1 Å². The minimum absolute atomic E-state index is 0.0523. The van der Waals surface area contributed by atoms with Crippen LogP contribution in [0.2, 0.25) is 0 Å². The van der Waals surface area contributed by atoms with E-state index in [1.807, 2.05) is 48.7 Å². The van der Waals surface area contributed by atoms with Crippen molar-refractivity contribution >= 4 is 28.8 Å². The monoisotopic (exact) mass is 330 g/mol. The Morgan fingerprint density at radius 3 is 2.65 bits per heavy atom. The zero-order valence-corrected chi connectivity index (χ0v) is 13.8. The first kappa shape index (κ1) is 15.7. The molecule has 0 saturated carbocycles. The van der Waals surface area contributed by atoms with Crippen LogP contribution < -0.4 is 10.4 Å². The molecule has 23 heavy (non-hydrogen) atoms. The maximum absolute atomic E-state index is 12.6. The van der Waals surface area contributed by atoms with E-state index in [4.69, 9.17) is 4.84 Å². The Morgan fingerprint density at radius 1 is 1.30 bits per heavy atom. The van der Waals surface area contributed by atoms with E-state index in [2.05, 4.69) is 5.48 Å². The molecule has 1 aromatic carbocycles. The third kappa shape index (κ3) is 3.00. The Labute approximate surface area is 138 Å². The van der Waals surface area contributed by atoms with Crippen molar-refractivity contribution in [2.75, 3.05) is 12.0 Å². The summed E-state index contributed by atoms with van der Waals surface area (Å²) in [5.41, 5.74) is 4.31. The van der Waals surface area contributed by atoms with E-state index in [1.165, 1.54) is 7.11 Å². The quantitative estimate of drug-likeness (QED) is 0.877. The van der Waals surface area contributed by atoms with E-state index in [0.29, 0.717) is 0 Å². The summed E-state index contributed by atoms with van der Waals surface area (Å²) in [7, 11) is 1.40. The van der Waals surface area contributed by atoms with Crippen LogP contribution in [0.3, 0.4) is 0 Å². The summed E-state index contributed by atoms with van der Waals surface area (Å²) < 4.78 is 0. The molecule has 0 bridgehead atoms. The zero-order chi connectivity index (χ0) is 16.4. The maximum atomic E-state index is 12.6. The molecular formula is C17H18N2O3S. The van der Waals surface area contributed by atoms with E-state index in [0.717, 1.165) is 16.1 Å². The van der Waals surface area contributed by atoms with Crippen LogP contribution in [0.1, 0.15) is 22.9 Å². The van der Waals surface area contributed by atoms with Gasteiger partial charge in [0.1, 0.15) is 0 Å². The van der Waals surface area contributed by atoms with Gasteiger partial charge in [-0.2, -0.15) is 0 Å². The van der Waals surface area contributed by atoms with Crippen molar-refractivity contribution in [3.05, 3.63) is 52.2 Å². The minimum atomic E-state index is -0.470. The van der Waals surface area contributed by atoms with Gasteiger partial charge in [0.25, 0.3) is 0 Å². The summed E-state index contributed by atoms with van der Waals surface area (Å²) in [5, 5.41) is 1.96. The van der Waals surface area contributed by atoms with Crippen LogP contribution in [0.4, 0.5) is 5.69 Å². The number of hydrogen-bond acceptors (Lipinski definition) is 4. The fourth-order valence-electron chi connectivity index (χ4n) is 2.94.